The minimum atomic E-state index is -0.635. The Morgan fingerprint density at radius 2 is 1.69 bits per heavy atom. The maximum Gasteiger partial charge on any atom is 0.253 e. The summed E-state index contributed by atoms with van der Waals surface area (Å²) in [4.78, 5) is 37.4. The van der Waals surface area contributed by atoms with Gasteiger partial charge < -0.3 is 25.3 Å². The van der Waals surface area contributed by atoms with Crippen molar-refractivity contribution in [3.63, 3.8) is 0 Å². The molecule has 3 aliphatic rings. The second-order valence-corrected chi connectivity index (χ2v) is 12.3. The van der Waals surface area contributed by atoms with Gasteiger partial charge in [0.05, 0.1) is 12.4 Å². The van der Waals surface area contributed by atoms with Gasteiger partial charge in [-0.15, -0.1) is 0 Å². The van der Waals surface area contributed by atoms with E-state index < -0.39 is 12.2 Å². The Bertz CT molecular complexity index is 1730. The number of rotatable bonds is 6. The SMILES string of the molecule is O=C(c1ccc(-c2cnc3c(c2)N(Cc2cc(Cl)ccc2CF)CCN3)cc1)N1CCC2(CC1)C(=O)NCN2c1ccccc1. The third-order valence-corrected chi connectivity index (χ3v) is 9.54. The summed E-state index contributed by atoms with van der Waals surface area (Å²) in [5.41, 5.74) is 5.28. The minimum Gasteiger partial charge on any atom is -0.367 e. The number of hydrogen-bond donors (Lipinski definition) is 2. The molecule has 7 rings (SSSR count). The molecule has 2 N–H and O–H groups in total. The van der Waals surface area contributed by atoms with Gasteiger partial charge in [0.2, 0.25) is 5.91 Å². The molecule has 0 aliphatic carbocycles. The Kier molecular flexibility index (Phi) is 7.79. The molecule has 4 aromatic rings. The third kappa shape index (κ3) is 5.46. The van der Waals surface area contributed by atoms with Crippen molar-refractivity contribution in [2.75, 3.05) is 48.0 Å². The number of para-hydroxylation sites is 1. The van der Waals surface area contributed by atoms with Crippen molar-refractivity contribution in [2.45, 2.75) is 31.6 Å². The highest BCUT2D eigenvalue weighted by molar-refractivity contribution is 6.30. The molecule has 2 saturated heterocycles. The first-order valence-electron chi connectivity index (χ1n) is 15.3. The normalized spacial score (nSPS) is 17.2. The largest absolute Gasteiger partial charge is 0.367 e. The van der Waals surface area contributed by atoms with Crippen LogP contribution in [-0.2, 0) is 18.0 Å². The molecular formula is C35H34ClFN6O2. The van der Waals surface area contributed by atoms with Crippen LogP contribution in [0.5, 0.6) is 0 Å². The van der Waals surface area contributed by atoms with E-state index in [-0.39, 0.29) is 11.8 Å². The van der Waals surface area contributed by atoms with Gasteiger partial charge in [0, 0.05) is 60.8 Å². The number of nitrogens with zero attached hydrogens (tertiary/aromatic N) is 4. The molecule has 0 bridgehead atoms. The number of fused-ring (bicyclic) bond motifs is 1. The minimum absolute atomic E-state index is 0.0330. The van der Waals surface area contributed by atoms with Gasteiger partial charge in [0.25, 0.3) is 5.91 Å². The lowest BCUT2D eigenvalue weighted by Gasteiger charge is -2.43. The number of nitrogens with one attached hydrogen (secondary N) is 2. The number of carbonyl (C=O) groups is 2. The van der Waals surface area contributed by atoms with Gasteiger partial charge in [0.15, 0.2) is 0 Å². The molecule has 230 valence electrons. The number of piperidine rings is 1. The molecule has 10 heteroatoms. The molecule has 3 aromatic carbocycles. The van der Waals surface area contributed by atoms with Crippen LogP contribution in [0, 0.1) is 0 Å². The van der Waals surface area contributed by atoms with Gasteiger partial charge in [-0.3, -0.25) is 9.59 Å². The fourth-order valence-electron chi connectivity index (χ4n) is 6.76. The molecule has 0 radical (unpaired) electrons. The summed E-state index contributed by atoms with van der Waals surface area (Å²) in [5, 5.41) is 6.96. The van der Waals surface area contributed by atoms with Crippen LogP contribution in [0.25, 0.3) is 11.1 Å². The molecule has 0 unspecified atom stereocenters. The Hall–Kier alpha value is -4.63. The van der Waals surface area contributed by atoms with E-state index in [2.05, 4.69) is 31.5 Å². The van der Waals surface area contributed by atoms with E-state index in [1.807, 2.05) is 71.8 Å². The average molecular weight is 625 g/mol. The van der Waals surface area contributed by atoms with Crippen molar-refractivity contribution in [1.29, 1.82) is 0 Å². The molecule has 0 atom stereocenters. The van der Waals surface area contributed by atoms with Gasteiger partial charge in [-0.2, -0.15) is 0 Å². The number of pyridine rings is 1. The molecular weight excluding hydrogens is 591 g/mol. The highest BCUT2D eigenvalue weighted by Gasteiger charge is 2.50. The third-order valence-electron chi connectivity index (χ3n) is 9.30. The van der Waals surface area contributed by atoms with Crippen molar-refractivity contribution < 1.29 is 14.0 Å². The van der Waals surface area contributed by atoms with Crippen LogP contribution in [0.2, 0.25) is 5.02 Å². The van der Waals surface area contributed by atoms with E-state index in [0.717, 1.165) is 47.0 Å². The monoisotopic (exact) mass is 624 g/mol. The summed E-state index contributed by atoms with van der Waals surface area (Å²) in [6.07, 6.45) is 2.98. The first kappa shape index (κ1) is 29.1. The number of benzene rings is 3. The van der Waals surface area contributed by atoms with E-state index in [4.69, 9.17) is 11.6 Å². The van der Waals surface area contributed by atoms with Crippen molar-refractivity contribution in [3.8, 4) is 11.1 Å². The predicted octanol–water partition coefficient (Wildman–Crippen LogP) is 5.87. The van der Waals surface area contributed by atoms with Crippen LogP contribution >= 0.6 is 11.6 Å². The molecule has 2 amide bonds. The molecule has 1 aromatic heterocycles. The van der Waals surface area contributed by atoms with E-state index in [9.17, 15) is 14.0 Å². The van der Waals surface area contributed by atoms with Gasteiger partial charge in [-0.25, -0.2) is 9.37 Å². The van der Waals surface area contributed by atoms with E-state index in [1.165, 1.54) is 0 Å². The smallest absolute Gasteiger partial charge is 0.253 e. The number of carbonyl (C=O) groups excluding carboxylic acids is 2. The van der Waals surface area contributed by atoms with Crippen LogP contribution in [0.15, 0.2) is 85.1 Å². The van der Waals surface area contributed by atoms with E-state index in [1.54, 1.807) is 12.1 Å². The van der Waals surface area contributed by atoms with Crippen LogP contribution in [0.3, 0.4) is 0 Å². The van der Waals surface area contributed by atoms with Gasteiger partial charge in [0.1, 0.15) is 18.0 Å². The Morgan fingerprint density at radius 1 is 0.911 bits per heavy atom. The maximum absolute atomic E-state index is 13.7. The molecule has 0 saturated carbocycles. The van der Waals surface area contributed by atoms with E-state index in [0.29, 0.717) is 55.3 Å². The number of halogens is 2. The fraction of sp³-hybridized carbons (Fsp3) is 0.286. The number of amides is 2. The first-order valence-corrected chi connectivity index (χ1v) is 15.7. The van der Waals surface area contributed by atoms with Gasteiger partial charge in [-0.1, -0.05) is 48.0 Å². The highest BCUT2D eigenvalue weighted by Crippen LogP contribution is 2.37. The lowest BCUT2D eigenvalue weighted by molar-refractivity contribution is -0.124. The molecule has 8 nitrogen and oxygen atoms in total. The van der Waals surface area contributed by atoms with Crippen molar-refractivity contribution in [2.24, 2.45) is 0 Å². The second-order valence-electron chi connectivity index (χ2n) is 11.8. The van der Waals surface area contributed by atoms with Crippen LogP contribution in [0.4, 0.5) is 21.6 Å². The molecule has 3 aliphatic heterocycles. The number of aromatic nitrogens is 1. The topological polar surface area (TPSA) is 80.8 Å². The lowest BCUT2D eigenvalue weighted by atomic mass is 9.85. The quantitative estimate of drug-likeness (QED) is 0.279. The van der Waals surface area contributed by atoms with Crippen molar-refractivity contribution >= 4 is 40.6 Å². The summed E-state index contributed by atoms with van der Waals surface area (Å²) >= 11 is 6.23. The molecule has 45 heavy (non-hydrogen) atoms. The predicted molar refractivity (Wildman–Crippen MR) is 175 cm³/mol. The van der Waals surface area contributed by atoms with Crippen LogP contribution in [0.1, 0.15) is 34.3 Å². The molecule has 4 heterocycles. The highest BCUT2D eigenvalue weighted by atomic mass is 35.5. The first-order chi connectivity index (χ1) is 21.9. The summed E-state index contributed by atoms with van der Waals surface area (Å²) in [7, 11) is 0. The summed E-state index contributed by atoms with van der Waals surface area (Å²) < 4.78 is 13.7. The Labute approximate surface area is 266 Å². The average Bonchev–Trinajstić information content (AvgIpc) is 3.39. The number of alkyl halides is 1. The second kappa shape index (κ2) is 12.0. The summed E-state index contributed by atoms with van der Waals surface area (Å²) in [6, 6.07) is 24.9. The zero-order chi connectivity index (χ0) is 31.0. The Morgan fingerprint density at radius 3 is 2.44 bits per heavy atom. The maximum atomic E-state index is 13.7. The van der Waals surface area contributed by atoms with E-state index >= 15 is 0 Å². The summed E-state index contributed by atoms with van der Waals surface area (Å²) in [6.45, 7) is 2.93. The molecule has 1 spiro atoms. The standard InChI is InChI=1S/C35H34ClFN6O2/c36-29-11-10-26(20-37)28(18-29)22-42-17-14-38-32-31(42)19-27(21-39-32)24-6-8-25(9-7-24)33(44)41-15-12-35(13-16-41)34(45)40-23-43(35)30-4-2-1-3-5-30/h1-11,18-19,21H,12-17,20,22-23H2,(H,38,39)(H,40,45). The zero-order valence-electron chi connectivity index (χ0n) is 24.8. The van der Waals surface area contributed by atoms with Crippen molar-refractivity contribution in [1.82, 2.24) is 15.2 Å². The number of likely N-dealkylation sites (tertiary alicyclic amines) is 1. The fourth-order valence-corrected chi connectivity index (χ4v) is 6.95. The van der Waals surface area contributed by atoms with Gasteiger partial charge in [-0.05, 0) is 72.0 Å². The zero-order valence-corrected chi connectivity index (χ0v) is 25.6. The Balaban J connectivity index is 1.05. The van der Waals surface area contributed by atoms with Gasteiger partial charge >= 0.3 is 0 Å². The van der Waals surface area contributed by atoms with Crippen LogP contribution < -0.4 is 20.4 Å². The number of hydrogen-bond acceptors (Lipinski definition) is 6. The number of anilines is 3. The lowest BCUT2D eigenvalue weighted by Crippen LogP contribution is -2.57. The molecule has 2 fully saturated rings. The summed E-state index contributed by atoms with van der Waals surface area (Å²) in [5.74, 6) is 0.779. The van der Waals surface area contributed by atoms with Crippen molar-refractivity contribution in [3.05, 3.63) is 107 Å². The van der Waals surface area contributed by atoms with Crippen LogP contribution in [-0.4, -0.2) is 60.1 Å².